The van der Waals surface area contributed by atoms with Crippen molar-refractivity contribution in [2.75, 3.05) is 19.6 Å². The number of hydrogen-bond donors (Lipinski definition) is 1. The molecule has 4 rings (SSSR count). The molecule has 0 fully saturated rings. The van der Waals surface area contributed by atoms with Crippen molar-refractivity contribution in [1.82, 2.24) is 4.98 Å². The number of hydrazone groups is 1. The molecule has 0 aliphatic rings. The maximum absolute atomic E-state index is 5.26. The van der Waals surface area contributed by atoms with Crippen LogP contribution in [0.25, 0.3) is 22.0 Å². The standard InChI is InChI=1S/C22H19N3O2S/c1-26-19-8-5-16(6-9-19)21-14-28-22(24-21)25-23-13-15-3-4-18-12-20(27-2)10-7-17(18)11-15/h3-14H,1-2H3,(H,24,25)/b23-13+. The lowest BCUT2D eigenvalue weighted by atomic mass is 10.1. The number of aromatic nitrogens is 1. The number of hydrogen-bond acceptors (Lipinski definition) is 6. The molecule has 28 heavy (non-hydrogen) atoms. The summed E-state index contributed by atoms with van der Waals surface area (Å²) in [6, 6.07) is 20.0. The highest BCUT2D eigenvalue weighted by Crippen LogP contribution is 2.26. The molecular formula is C22H19N3O2S. The van der Waals surface area contributed by atoms with Crippen LogP contribution in [0.4, 0.5) is 5.13 Å². The van der Waals surface area contributed by atoms with Crippen LogP contribution in [0.3, 0.4) is 0 Å². The zero-order valence-corrected chi connectivity index (χ0v) is 16.4. The molecule has 3 aromatic carbocycles. The van der Waals surface area contributed by atoms with Gasteiger partial charge >= 0.3 is 0 Å². The van der Waals surface area contributed by atoms with Crippen molar-refractivity contribution in [1.29, 1.82) is 0 Å². The molecule has 1 aromatic heterocycles. The van der Waals surface area contributed by atoms with Gasteiger partial charge in [-0.2, -0.15) is 5.10 Å². The van der Waals surface area contributed by atoms with Gasteiger partial charge in [0, 0.05) is 10.9 Å². The third-order valence-corrected chi connectivity index (χ3v) is 5.08. The summed E-state index contributed by atoms with van der Waals surface area (Å²) in [5, 5.41) is 9.33. The molecule has 0 aliphatic heterocycles. The summed E-state index contributed by atoms with van der Waals surface area (Å²) in [5.41, 5.74) is 5.96. The van der Waals surface area contributed by atoms with Crippen LogP contribution in [0, 0.1) is 0 Å². The fraction of sp³-hybridized carbons (Fsp3) is 0.0909. The van der Waals surface area contributed by atoms with Crippen molar-refractivity contribution < 1.29 is 9.47 Å². The van der Waals surface area contributed by atoms with E-state index in [1.54, 1.807) is 20.4 Å². The molecule has 1 N–H and O–H groups in total. The summed E-state index contributed by atoms with van der Waals surface area (Å²) in [6.07, 6.45) is 1.79. The average Bonchev–Trinajstić information content (AvgIpc) is 3.22. The highest BCUT2D eigenvalue weighted by atomic mass is 32.1. The zero-order valence-electron chi connectivity index (χ0n) is 15.5. The van der Waals surface area contributed by atoms with E-state index in [9.17, 15) is 0 Å². The maximum Gasteiger partial charge on any atom is 0.203 e. The summed E-state index contributed by atoms with van der Waals surface area (Å²) >= 11 is 1.52. The largest absolute Gasteiger partial charge is 0.497 e. The molecule has 0 spiro atoms. The Morgan fingerprint density at radius 1 is 0.893 bits per heavy atom. The number of ether oxygens (including phenoxy) is 2. The molecule has 0 bridgehead atoms. The lowest BCUT2D eigenvalue weighted by molar-refractivity contribution is 0.415. The highest BCUT2D eigenvalue weighted by Gasteiger charge is 2.04. The van der Waals surface area contributed by atoms with Gasteiger partial charge < -0.3 is 9.47 Å². The van der Waals surface area contributed by atoms with Crippen LogP contribution in [0.15, 0.2) is 71.1 Å². The highest BCUT2D eigenvalue weighted by molar-refractivity contribution is 7.14. The number of thiazole rings is 1. The molecule has 6 heteroatoms. The molecule has 1 heterocycles. The number of anilines is 1. The number of fused-ring (bicyclic) bond motifs is 1. The van der Waals surface area contributed by atoms with Crippen LogP contribution in [-0.4, -0.2) is 25.4 Å². The van der Waals surface area contributed by atoms with Crippen LogP contribution < -0.4 is 14.9 Å². The summed E-state index contributed by atoms with van der Waals surface area (Å²) in [6.45, 7) is 0. The first-order valence-corrected chi connectivity index (χ1v) is 9.60. The molecule has 4 aromatic rings. The number of benzene rings is 3. The van der Waals surface area contributed by atoms with Crippen LogP contribution in [0.5, 0.6) is 11.5 Å². The van der Waals surface area contributed by atoms with E-state index in [4.69, 9.17) is 9.47 Å². The summed E-state index contributed by atoms with van der Waals surface area (Å²) in [5.74, 6) is 1.68. The molecule has 0 amide bonds. The van der Waals surface area contributed by atoms with Crippen LogP contribution in [-0.2, 0) is 0 Å². The van der Waals surface area contributed by atoms with Crippen molar-refractivity contribution in [3.63, 3.8) is 0 Å². The first-order valence-electron chi connectivity index (χ1n) is 8.72. The smallest absolute Gasteiger partial charge is 0.203 e. The van der Waals surface area contributed by atoms with Gasteiger partial charge in [-0.05, 0) is 58.8 Å². The number of nitrogens with one attached hydrogen (secondary N) is 1. The van der Waals surface area contributed by atoms with E-state index >= 15 is 0 Å². The number of nitrogens with zero attached hydrogens (tertiary/aromatic N) is 2. The monoisotopic (exact) mass is 389 g/mol. The van der Waals surface area contributed by atoms with Crippen molar-refractivity contribution in [2.45, 2.75) is 0 Å². The average molecular weight is 389 g/mol. The molecule has 0 radical (unpaired) electrons. The minimum Gasteiger partial charge on any atom is -0.497 e. The second-order valence-electron chi connectivity index (χ2n) is 6.11. The van der Waals surface area contributed by atoms with Gasteiger partial charge in [0.05, 0.1) is 26.1 Å². The summed E-state index contributed by atoms with van der Waals surface area (Å²) in [7, 11) is 3.33. The Bertz CT molecular complexity index is 1120. The number of rotatable bonds is 6. The minimum atomic E-state index is 0.743. The van der Waals surface area contributed by atoms with Gasteiger partial charge in [0.1, 0.15) is 11.5 Å². The van der Waals surface area contributed by atoms with Gasteiger partial charge in [-0.25, -0.2) is 4.98 Å². The second kappa shape index (κ2) is 8.10. The van der Waals surface area contributed by atoms with E-state index in [0.29, 0.717) is 0 Å². The van der Waals surface area contributed by atoms with Gasteiger partial charge in [-0.1, -0.05) is 18.2 Å². The van der Waals surface area contributed by atoms with Crippen molar-refractivity contribution in [3.8, 4) is 22.8 Å². The molecular weight excluding hydrogens is 370 g/mol. The Balaban J connectivity index is 1.44. The van der Waals surface area contributed by atoms with E-state index in [2.05, 4.69) is 27.6 Å². The Morgan fingerprint density at radius 3 is 2.39 bits per heavy atom. The summed E-state index contributed by atoms with van der Waals surface area (Å²) < 4.78 is 10.5. The predicted molar refractivity (Wildman–Crippen MR) is 116 cm³/mol. The van der Waals surface area contributed by atoms with E-state index in [-0.39, 0.29) is 0 Å². The minimum absolute atomic E-state index is 0.743. The van der Waals surface area contributed by atoms with Crippen LogP contribution in [0.2, 0.25) is 0 Å². The first kappa shape index (κ1) is 18.0. The van der Waals surface area contributed by atoms with Crippen LogP contribution >= 0.6 is 11.3 Å². The fourth-order valence-electron chi connectivity index (χ4n) is 2.83. The van der Waals surface area contributed by atoms with Crippen molar-refractivity contribution in [3.05, 3.63) is 71.6 Å². The Morgan fingerprint density at radius 2 is 1.61 bits per heavy atom. The lowest BCUT2D eigenvalue weighted by Crippen LogP contribution is -1.90. The van der Waals surface area contributed by atoms with Crippen molar-refractivity contribution in [2.24, 2.45) is 5.10 Å². The Kier molecular flexibility index (Phi) is 5.21. The molecule has 5 nitrogen and oxygen atoms in total. The molecule has 0 atom stereocenters. The van der Waals surface area contributed by atoms with E-state index in [1.165, 1.54) is 11.3 Å². The first-order chi connectivity index (χ1) is 13.7. The predicted octanol–water partition coefficient (Wildman–Crippen LogP) is 5.43. The maximum atomic E-state index is 5.26. The molecule has 0 aliphatic carbocycles. The van der Waals surface area contributed by atoms with Gasteiger partial charge in [-0.15, -0.1) is 11.3 Å². The normalized spacial score (nSPS) is 11.1. The number of methoxy groups -OCH3 is 2. The fourth-order valence-corrected chi connectivity index (χ4v) is 3.50. The molecule has 0 saturated heterocycles. The molecule has 140 valence electrons. The lowest BCUT2D eigenvalue weighted by Gasteiger charge is -2.03. The van der Waals surface area contributed by atoms with Gasteiger partial charge in [0.2, 0.25) is 5.13 Å². The van der Waals surface area contributed by atoms with E-state index in [0.717, 1.165) is 44.2 Å². The van der Waals surface area contributed by atoms with Gasteiger partial charge in [-0.3, -0.25) is 5.43 Å². The summed E-state index contributed by atoms with van der Waals surface area (Å²) in [4.78, 5) is 4.58. The SMILES string of the molecule is COc1ccc(-c2csc(N/N=C/c3ccc4cc(OC)ccc4c3)n2)cc1. The van der Waals surface area contributed by atoms with Gasteiger partial charge in [0.15, 0.2) is 0 Å². The Labute approximate surface area is 167 Å². The van der Waals surface area contributed by atoms with E-state index in [1.807, 2.05) is 53.9 Å². The second-order valence-corrected chi connectivity index (χ2v) is 6.97. The zero-order chi connectivity index (χ0) is 19.3. The topological polar surface area (TPSA) is 55.7 Å². The van der Waals surface area contributed by atoms with Crippen molar-refractivity contribution >= 4 is 33.5 Å². The third-order valence-electron chi connectivity index (χ3n) is 4.34. The molecule has 0 unspecified atom stereocenters. The third kappa shape index (κ3) is 3.97. The van der Waals surface area contributed by atoms with E-state index < -0.39 is 0 Å². The molecule has 0 saturated carbocycles. The van der Waals surface area contributed by atoms with Gasteiger partial charge in [0.25, 0.3) is 0 Å². The quantitative estimate of drug-likeness (QED) is 0.353. The Hall–Kier alpha value is -3.38. The van der Waals surface area contributed by atoms with Crippen LogP contribution in [0.1, 0.15) is 5.56 Å².